The predicted molar refractivity (Wildman–Crippen MR) is 52.8 cm³/mol. The third-order valence-corrected chi connectivity index (χ3v) is 2.36. The number of hydrogen-bond acceptors (Lipinski definition) is 2. The van der Waals surface area contributed by atoms with Crippen molar-refractivity contribution in [2.45, 2.75) is 12.7 Å². The van der Waals surface area contributed by atoms with Crippen molar-refractivity contribution in [3.63, 3.8) is 0 Å². The van der Waals surface area contributed by atoms with Crippen LogP contribution in [0.5, 0.6) is 0 Å². The maximum absolute atomic E-state index is 5.85. The zero-order chi connectivity index (χ0) is 9.90. The molecule has 0 N–H and O–H groups in total. The Kier molecular flexibility index (Phi) is 3.31. The van der Waals surface area contributed by atoms with Crippen molar-refractivity contribution in [1.82, 2.24) is 0 Å². The highest BCUT2D eigenvalue weighted by Crippen LogP contribution is 2.26. The van der Waals surface area contributed by atoms with Crippen LogP contribution in [-0.2, 0) is 15.3 Å². The SMILES string of the molecule is COC(C)(OC)c1cccc(Cl)c1. The van der Waals surface area contributed by atoms with Crippen LogP contribution in [0.15, 0.2) is 24.3 Å². The van der Waals surface area contributed by atoms with Gasteiger partial charge in [0.05, 0.1) is 0 Å². The molecule has 0 radical (unpaired) electrons. The monoisotopic (exact) mass is 200 g/mol. The number of methoxy groups -OCH3 is 2. The Morgan fingerprint density at radius 3 is 2.31 bits per heavy atom. The smallest absolute Gasteiger partial charge is 0.191 e. The highest BCUT2D eigenvalue weighted by molar-refractivity contribution is 6.30. The van der Waals surface area contributed by atoms with Gasteiger partial charge in [0, 0.05) is 24.8 Å². The van der Waals surface area contributed by atoms with Crippen LogP contribution < -0.4 is 0 Å². The fraction of sp³-hybridized carbons (Fsp3) is 0.400. The van der Waals surface area contributed by atoms with Gasteiger partial charge in [0.2, 0.25) is 0 Å². The van der Waals surface area contributed by atoms with E-state index in [9.17, 15) is 0 Å². The first-order valence-electron chi connectivity index (χ1n) is 3.99. The summed E-state index contributed by atoms with van der Waals surface area (Å²) in [7, 11) is 3.20. The second-order valence-electron chi connectivity index (χ2n) is 2.86. The van der Waals surface area contributed by atoms with Crippen LogP contribution in [-0.4, -0.2) is 14.2 Å². The molecule has 0 aliphatic heterocycles. The topological polar surface area (TPSA) is 18.5 Å². The van der Waals surface area contributed by atoms with Crippen molar-refractivity contribution in [2.75, 3.05) is 14.2 Å². The highest BCUT2D eigenvalue weighted by Gasteiger charge is 2.25. The molecule has 2 nitrogen and oxygen atoms in total. The third-order valence-electron chi connectivity index (χ3n) is 2.13. The minimum atomic E-state index is -0.717. The summed E-state index contributed by atoms with van der Waals surface area (Å²) in [6, 6.07) is 7.43. The second-order valence-corrected chi connectivity index (χ2v) is 3.30. The minimum Gasteiger partial charge on any atom is -0.349 e. The molecule has 0 saturated heterocycles. The summed E-state index contributed by atoms with van der Waals surface area (Å²) >= 11 is 5.85. The molecule has 0 spiro atoms. The first-order valence-corrected chi connectivity index (χ1v) is 4.36. The third kappa shape index (κ3) is 2.21. The van der Waals surface area contributed by atoms with Crippen molar-refractivity contribution in [2.24, 2.45) is 0 Å². The maximum Gasteiger partial charge on any atom is 0.191 e. The lowest BCUT2D eigenvalue weighted by molar-refractivity contribution is -0.201. The van der Waals surface area contributed by atoms with Gasteiger partial charge in [-0.3, -0.25) is 0 Å². The van der Waals surface area contributed by atoms with Gasteiger partial charge in [-0.1, -0.05) is 23.7 Å². The Morgan fingerprint density at radius 2 is 1.85 bits per heavy atom. The van der Waals surface area contributed by atoms with E-state index in [1.165, 1.54) is 0 Å². The molecule has 1 aromatic carbocycles. The fourth-order valence-corrected chi connectivity index (χ4v) is 1.28. The van der Waals surface area contributed by atoms with Crippen LogP contribution in [0.1, 0.15) is 12.5 Å². The van der Waals surface area contributed by atoms with Gasteiger partial charge in [-0.2, -0.15) is 0 Å². The van der Waals surface area contributed by atoms with Gasteiger partial charge in [0.15, 0.2) is 5.79 Å². The molecule has 0 amide bonds. The number of hydrogen-bond donors (Lipinski definition) is 0. The van der Waals surface area contributed by atoms with E-state index in [0.717, 1.165) is 5.56 Å². The summed E-state index contributed by atoms with van der Waals surface area (Å²) in [6.07, 6.45) is 0. The number of ether oxygens (including phenoxy) is 2. The molecular weight excluding hydrogens is 188 g/mol. The molecule has 0 aliphatic rings. The quantitative estimate of drug-likeness (QED) is 0.699. The van der Waals surface area contributed by atoms with Gasteiger partial charge < -0.3 is 9.47 Å². The van der Waals surface area contributed by atoms with Crippen LogP contribution in [0.4, 0.5) is 0 Å². The first kappa shape index (κ1) is 10.5. The Hall–Kier alpha value is -0.570. The van der Waals surface area contributed by atoms with E-state index in [1.807, 2.05) is 31.2 Å². The van der Waals surface area contributed by atoms with Crippen LogP contribution in [0, 0.1) is 0 Å². The van der Waals surface area contributed by atoms with Crippen molar-refractivity contribution in [3.05, 3.63) is 34.9 Å². The van der Waals surface area contributed by atoms with Crippen LogP contribution in [0.3, 0.4) is 0 Å². The molecule has 13 heavy (non-hydrogen) atoms. The molecule has 0 saturated carbocycles. The molecule has 0 heterocycles. The molecule has 0 aromatic heterocycles. The van der Waals surface area contributed by atoms with Crippen molar-refractivity contribution >= 4 is 11.6 Å². The Morgan fingerprint density at radius 1 is 1.23 bits per heavy atom. The normalized spacial score (nSPS) is 11.7. The van der Waals surface area contributed by atoms with Crippen molar-refractivity contribution in [3.8, 4) is 0 Å². The number of benzene rings is 1. The van der Waals surface area contributed by atoms with E-state index < -0.39 is 5.79 Å². The molecular formula is C10H13ClO2. The molecule has 1 rings (SSSR count). The zero-order valence-corrected chi connectivity index (χ0v) is 8.76. The first-order chi connectivity index (χ1) is 6.12. The molecule has 0 unspecified atom stereocenters. The summed E-state index contributed by atoms with van der Waals surface area (Å²) in [4.78, 5) is 0. The molecule has 0 atom stereocenters. The van der Waals surface area contributed by atoms with Gasteiger partial charge >= 0.3 is 0 Å². The van der Waals surface area contributed by atoms with Gasteiger partial charge in [-0.05, 0) is 19.1 Å². The van der Waals surface area contributed by atoms with Crippen LogP contribution in [0.2, 0.25) is 5.02 Å². The average molecular weight is 201 g/mol. The Bertz CT molecular complexity index is 282. The molecule has 1 aromatic rings. The van der Waals surface area contributed by atoms with E-state index in [1.54, 1.807) is 14.2 Å². The van der Waals surface area contributed by atoms with Gasteiger partial charge in [0.1, 0.15) is 0 Å². The predicted octanol–water partition coefficient (Wildman–Crippen LogP) is 2.81. The van der Waals surface area contributed by atoms with E-state index in [0.29, 0.717) is 5.02 Å². The van der Waals surface area contributed by atoms with Crippen molar-refractivity contribution in [1.29, 1.82) is 0 Å². The lowest BCUT2D eigenvalue weighted by Gasteiger charge is -2.26. The summed E-state index contributed by atoms with van der Waals surface area (Å²) in [5.41, 5.74) is 0.907. The zero-order valence-electron chi connectivity index (χ0n) is 8.00. The summed E-state index contributed by atoms with van der Waals surface area (Å²) < 4.78 is 10.5. The lowest BCUT2D eigenvalue weighted by atomic mass is 10.1. The van der Waals surface area contributed by atoms with Crippen LogP contribution in [0.25, 0.3) is 0 Å². The maximum atomic E-state index is 5.85. The lowest BCUT2D eigenvalue weighted by Crippen LogP contribution is -2.26. The summed E-state index contributed by atoms with van der Waals surface area (Å²) in [5.74, 6) is -0.717. The molecule has 0 fully saturated rings. The molecule has 0 bridgehead atoms. The molecule has 3 heteroatoms. The molecule has 0 aliphatic carbocycles. The average Bonchev–Trinajstić information content (AvgIpc) is 2.17. The summed E-state index contributed by atoms with van der Waals surface area (Å²) in [5, 5.41) is 0.679. The largest absolute Gasteiger partial charge is 0.349 e. The number of rotatable bonds is 3. The van der Waals surface area contributed by atoms with E-state index in [4.69, 9.17) is 21.1 Å². The summed E-state index contributed by atoms with van der Waals surface area (Å²) in [6.45, 7) is 1.85. The van der Waals surface area contributed by atoms with Gasteiger partial charge in [-0.15, -0.1) is 0 Å². The molecule has 72 valence electrons. The van der Waals surface area contributed by atoms with Crippen LogP contribution >= 0.6 is 11.6 Å². The van der Waals surface area contributed by atoms with E-state index in [2.05, 4.69) is 0 Å². The fourth-order valence-electron chi connectivity index (χ4n) is 1.09. The van der Waals surface area contributed by atoms with Gasteiger partial charge in [-0.25, -0.2) is 0 Å². The highest BCUT2D eigenvalue weighted by atomic mass is 35.5. The standard InChI is InChI=1S/C10H13ClO2/c1-10(12-2,13-3)8-5-4-6-9(11)7-8/h4-7H,1-3H3. The van der Waals surface area contributed by atoms with Gasteiger partial charge in [0.25, 0.3) is 0 Å². The minimum absolute atomic E-state index is 0.679. The Balaban J connectivity index is 3.05. The number of halogens is 1. The second kappa shape index (κ2) is 4.09. The van der Waals surface area contributed by atoms with E-state index in [-0.39, 0.29) is 0 Å². The van der Waals surface area contributed by atoms with Crippen molar-refractivity contribution < 1.29 is 9.47 Å². The Labute approximate surface area is 83.4 Å². The van der Waals surface area contributed by atoms with E-state index >= 15 is 0 Å².